The van der Waals surface area contributed by atoms with Gasteiger partial charge in [0, 0.05) is 19.3 Å². The van der Waals surface area contributed by atoms with Crippen LogP contribution in [0.1, 0.15) is 30.8 Å². The number of rotatable bonds is 6. The average molecular weight is 406 g/mol. The molecule has 1 unspecified atom stereocenters. The Morgan fingerprint density at radius 1 is 1.17 bits per heavy atom. The van der Waals surface area contributed by atoms with Crippen molar-refractivity contribution in [2.24, 2.45) is 0 Å². The molecule has 7 heteroatoms. The van der Waals surface area contributed by atoms with Crippen molar-refractivity contribution in [3.63, 3.8) is 0 Å². The molecule has 1 atom stereocenters. The molecular weight excluding hydrogens is 380 g/mol. The van der Waals surface area contributed by atoms with E-state index < -0.39 is 0 Å². The molecule has 30 heavy (non-hydrogen) atoms. The van der Waals surface area contributed by atoms with E-state index in [4.69, 9.17) is 9.72 Å². The second-order valence-corrected chi connectivity index (χ2v) is 7.54. The molecule has 0 bridgehead atoms. The van der Waals surface area contributed by atoms with Gasteiger partial charge in [-0.1, -0.05) is 30.3 Å². The van der Waals surface area contributed by atoms with E-state index in [9.17, 15) is 9.59 Å². The lowest BCUT2D eigenvalue weighted by molar-refractivity contribution is -0.125. The second-order valence-electron chi connectivity index (χ2n) is 7.54. The van der Waals surface area contributed by atoms with Crippen molar-refractivity contribution in [1.82, 2.24) is 14.9 Å². The number of aromatic nitrogens is 2. The maximum atomic E-state index is 13.3. The van der Waals surface area contributed by atoms with Crippen LogP contribution in [0.3, 0.4) is 0 Å². The molecule has 1 N–H and O–H groups in total. The van der Waals surface area contributed by atoms with Crippen molar-refractivity contribution < 1.29 is 14.3 Å². The number of imidazole rings is 1. The fourth-order valence-corrected chi connectivity index (χ4v) is 4.08. The van der Waals surface area contributed by atoms with Gasteiger partial charge in [-0.05, 0) is 43.5 Å². The van der Waals surface area contributed by atoms with Gasteiger partial charge in [0.1, 0.15) is 19.0 Å². The number of para-hydroxylation sites is 3. The third kappa shape index (κ3) is 3.93. The van der Waals surface area contributed by atoms with E-state index in [1.165, 1.54) is 12.7 Å². The molecule has 1 aliphatic rings. The molecule has 0 saturated heterocycles. The van der Waals surface area contributed by atoms with Crippen LogP contribution in [0.15, 0.2) is 48.5 Å². The highest BCUT2D eigenvalue weighted by Gasteiger charge is 2.25. The summed E-state index contributed by atoms with van der Waals surface area (Å²) >= 11 is 0. The Kier molecular flexibility index (Phi) is 5.81. The highest BCUT2D eigenvalue weighted by Crippen LogP contribution is 2.28. The SMILES string of the molecule is COCC(=O)NC(C)c1nc2ccccc2n1CC(=O)N1CCCc2ccccc21. The van der Waals surface area contributed by atoms with E-state index in [2.05, 4.69) is 11.4 Å². The van der Waals surface area contributed by atoms with E-state index in [0.717, 1.165) is 29.6 Å². The molecule has 2 aromatic carbocycles. The van der Waals surface area contributed by atoms with Crippen LogP contribution in [-0.4, -0.2) is 41.6 Å². The van der Waals surface area contributed by atoms with Gasteiger partial charge in [0.2, 0.25) is 11.8 Å². The number of aryl methyl sites for hydroxylation is 1. The summed E-state index contributed by atoms with van der Waals surface area (Å²) in [6.45, 7) is 2.71. The van der Waals surface area contributed by atoms with Gasteiger partial charge in [0.05, 0.1) is 17.1 Å². The lowest BCUT2D eigenvalue weighted by atomic mass is 10.0. The predicted molar refractivity (Wildman–Crippen MR) is 115 cm³/mol. The molecule has 7 nitrogen and oxygen atoms in total. The van der Waals surface area contributed by atoms with Crippen LogP contribution >= 0.6 is 0 Å². The summed E-state index contributed by atoms with van der Waals surface area (Å²) in [6.07, 6.45) is 1.94. The molecule has 4 rings (SSSR count). The number of fused-ring (bicyclic) bond motifs is 2. The summed E-state index contributed by atoms with van der Waals surface area (Å²) in [7, 11) is 1.48. The molecule has 0 saturated carbocycles. The van der Waals surface area contributed by atoms with Gasteiger partial charge >= 0.3 is 0 Å². The zero-order chi connectivity index (χ0) is 21.1. The number of hydrogen-bond acceptors (Lipinski definition) is 4. The van der Waals surface area contributed by atoms with Crippen molar-refractivity contribution >= 4 is 28.5 Å². The van der Waals surface area contributed by atoms with Gasteiger partial charge in [-0.15, -0.1) is 0 Å². The Labute approximate surface area is 175 Å². The first-order chi connectivity index (χ1) is 14.6. The maximum absolute atomic E-state index is 13.3. The molecule has 3 aromatic rings. The second kappa shape index (κ2) is 8.67. The number of methoxy groups -OCH3 is 1. The molecule has 0 aliphatic carbocycles. The van der Waals surface area contributed by atoms with E-state index in [1.54, 1.807) is 0 Å². The fraction of sp³-hybridized carbons (Fsp3) is 0.348. The Balaban J connectivity index is 1.65. The monoisotopic (exact) mass is 406 g/mol. The van der Waals surface area contributed by atoms with Crippen LogP contribution in [0.25, 0.3) is 11.0 Å². The first-order valence-corrected chi connectivity index (χ1v) is 10.2. The van der Waals surface area contributed by atoms with Gasteiger partial charge in [-0.2, -0.15) is 0 Å². The molecule has 2 amide bonds. The molecule has 0 fully saturated rings. The minimum atomic E-state index is -0.360. The number of ether oxygens (including phenoxy) is 1. The number of benzene rings is 2. The van der Waals surface area contributed by atoms with Crippen LogP contribution in [0.5, 0.6) is 0 Å². The smallest absolute Gasteiger partial charge is 0.246 e. The van der Waals surface area contributed by atoms with Gasteiger partial charge < -0.3 is 19.5 Å². The quantitative estimate of drug-likeness (QED) is 0.683. The van der Waals surface area contributed by atoms with Crippen molar-refractivity contribution in [2.75, 3.05) is 25.2 Å². The van der Waals surface area contributed by atoms with E-state index in [1.807, 2.05) is 58.9 Å². The number of carbonyl (C=O) groups is 2. The van der Waals surface area contributed by atoms with Crippen molar-refractivity contribution in [2.45, 2.75) is 32.4 Å². The Morgan fingerprint density at radius 3 is 2.77 bits per heavy atom. The van der Waals surface area contributed by atoms with Gasteiger partial charge in [-0.25, -0.2) is 4.98 Å². The van der Waals surface area contributed by atoms with E-state index >= 15 is 0 Å². The van der Waals surface area contributed by atoms with E-state index in [-0.39, 0.29) is 31.0 Å². The highest BCUT2D eigenvalue weighted by atomic mass is 16.5. The minimum Gasteiger partial charge on any atom is -0.375 e. The fourth-order valence-electron chi connectivity index (χ4n) is 4.08. The maximum Gasteiger partial charge on any atom is 0.246 e. The first-order valence-electron chi connectivity index (χ1n) is 10.2. The molecule has 156 valence electrons. The summed E-state index contributed by atoms with van der Waals surface area (Å²) in [5, 5.41) is 2.89. The predicted octanol–water partition coefficient (Wildman–Crippen LogP) is 2.84. The summed E-state index contributed by atoms with van der Waals surface area (Å²) < 4.78 is 6.82. The lowest BCUT2D eigenvalue weighted by Crippen LogP contribution is -2.38. The zero-order valence-electron chi connectivity index (χ0n) is 17.3. The molecule has 1 aliphatic heterocycles. The largest absolute Gasteiger partial charge is 0.375 e. The average Bonchev–Trinajstić information content (AvgIpc) is 3.12. The molecule has 1 aromatic heterocycles. The summed E-state index contributed by atoms with van der Waals surface area (Å²) in [5.41, 5.74) is 3.86. The molecule has 2 heterocycles. The number of carbonyl (C=O) groups excluding carboxylic acids is 2. The van der Waals surface area contributed by atoms with Crippen LogP contribution in [-0.2, 0) is 27.3 Å². The Hall–Kier alpha value is -3.19. The zero-order valence-corrected chi connectivity index (χ0v) is 17.3. The van der Waals surface area contributed by atoms with Crippen molar-refractivity contribution in [3.8, 4) is 0 Å². The number of nitrogens with one attached hydrogen (secondary N) is 1. The first kappa shape index (κ1) is 20.1. The number of hydrogen-bond donors (Lipinski definition) is 1. The van der Waals surface area contributed by atoms with Crippen molar-refractivity contribution in [1.29, 1.82) is 0 Å². The summed E-state index contributed by atoms with van der Waals surface area (Å²) in [4.78, 5) is 31.9. The Bertz CT molecular complexity index is 1080. The van der Waals surface area contributed by atoms with Crippen molar-refractivity contribution in [3.05, 3.63) is 59.9 Å². The van der Waals surface area contributed by atoms with Crippen LogP contribution in [0.4, 0.5) is 5.69 Å². The third-order valence-corrected chi connectivity index (χ3v) is 5.43. The minimum absolute atomic E-state index is 0.0157. The standard InChI is InChI=1S/C23H26N4O3/c1-16(24-21(28)15-30-2)23-25-18-10-4-6-12-20(18)27(23)14-22(29)26-13-7-9-17-8-3-5-11-19(17)26/h3-6,8,10-12,16H,7,9,13-15H2,1-2H3,(H,24,28). The van der Waals surface area contributed by atoms with Gasteiger partial charge in [0.15, 0.2) is 0 Å². The highest BCUT2D eigenvalue weighted by molar-refractivity contribution is 5.95. The number of nitrogens with zero attached hydrogens (tertiary/aromatic N) is 3. The lowest BCUT2D eigenvalue weighted by Gasteiger charge is -2.30. The van der Waals surface area contributed by atoms with Crippen LogP contribution in [0.2, 0.25) is 0 Å². The van der Waals surface area contributed by atoms with Gasteiger partial charge in [-0.3, -0.25) is 9.59 Å². The number of anilines is 1. The van der Waals surface area contributed by atoms with Crippen LogP contribution in [0, 0.1) is 0 Å². The third-order valence-electron chi connectivity index (χ3n) is 5.43. The molecule has 0 spiro atoms. The van der Waals surface area contributed by atoms with E-state index in [0.29, 0.717) is 12.4 Å². The number of amides is 2. The normalized spacial score (nSPS) is 14.4. The van der Waals surface area contributed by atoms with Gasteiger partial charge in [0.25, 0.3) is 0 Å². The summed E-state index contributed by atoms with van der Waals surface area (Å²) in [5.74, 6) is 0.446. The Morgan fingerprint density at radius 2 is 1.93 bits per heavy atom. The topological polar surface area (TPSA) is 76.5 Å². The molecular formula is C23H26N4O3. The summed E-state index contributed by atoms with van der Waals surface area (Å²) in [6, 6.07) is 15.4. The molecule has 0 radical (unpaired) electrons. The van der Waals surface area contributed by atoms with Crippen LogP contribution < -0.4 is 10.2 Å².